The first-order valence-electron chi connectivity index (χ1n) is 8.01. The average Bonchev–Trinajstić information content (AvgIpc) is 3.01. The molecule has 0 aliphatic carbocycles. The van der Waals surface area contributed by atoms with Crippen molar-refractivity contribution in [2.24, 2.45) is 5.92 Å². The van der Waals surface area contributed by atoms with Crippen LogP contribution in [0.2, 0.25) is 0 Å². The Morgan fingerprint density at radius 2 is 2.08 bits per heavy atom. The van der Waals surface area contributed by atoms with Gasteiger partial charge < -0.3 is 10.4 Å². The first-order chi connectivity index (χ1) is 11.3. The van der Waals surface area contributed by atoms with Crippen LogP contribution in [0.25, 0.3) is 11.3 Å². The third kappa shape index (κ3) is 5.01. The minimum absolute atomic E-state index is 0.223. The van der Waals surface area contributed by atoms with E-state index in [2.05, 4.69) is 29.3 Å². The zero-order chi connectivity index (χ0) is 17.7. The summed E-state index contributed by atoms with van der Waals surface area (Å²) in [4.78, 5) is 12.5. The summed E-state index contributed by atoms with van der Waals surface area (Å²) >= 11 is 1.50. The maximum Gasteiger partial charge on any atom is 0.247 e. The molecule has 1 amide bonds. The number of amides is 1. The molecule has 24 heavy (non-hydrogen) atoms. The lowest BCUT2D eigenvalue weighted by Gasteiger charge is -2.25. The quantitative estimate of drug-likeness (QED) is 0.737. The summed E-state index contributed by atoms with van der Waals surface area (Å²) in [6.07, 6.45) is 3.09. The van der Waals surface area contributed by atoms with E-state index < -0.39 is 5.60 Å². The molecular formula is C19H24N2O2S. The van der Waals surface area contributed by atoms with E-state index in [1.54, 1.807) is 0 Å². The molecule has 1 atom stereocenters. The minimum atomic E-state index is -0.654. The molecule has 0 unspecified atom stereocenters. The molecule has 128 valence electrons. The lowest BCUT2D eigenvalue weighted by molar-refractivity contribution is -0.111. The fraction of sp³-hybridized carbons (Fsp3) is 0.368. The Labute approximate surface area is 147 Å². The molecule has 0 bridgehead atoms. The van der Waals surface area contributed by atoms with E-state index in [9.17, 15) is 9.90 Å². The van der Waals surface area contributed by atoms with Gasteiger partial charge in [-0.1, -0.05) is 25.6 Å². The van der Waals surface area contributed by atoms with Crippen LogP contribution in [-0.2, 0) is 11.2 Å². The molecule has 2 N–H and O–H groups in total. The van der Waals surface area contributed by atoms with Gasteiger partial charge in [-0.15, -0.1) is 0 Å². The largest absolute Gasteiger partial charge is 0.390 e. The third-order valence-corrected chi connectivity index (χ3v) is 5.07. The van der Waals surface area contributed by atoms with Gasteiger partial charge in [-0.05, 0) is 68.4 Å². The molecule has 1 heterocycles. The minimum Gasteiger partial charge on any atom is -0.390 e. The predicted molar refractivity (Wildman–Crippen MR) is 100 cm³/mol. The highest BCUT2D eigenvalue weighted by Crippen LogP contribution is 2.27. The molecule has 0 radical (unpaired) electrons. The SMILES string of the molecule is C=CC(=O)Nc1ccc(-c2cc(CC[C@H](C)C(C)(C)O)sn2)cc1. The van der Waals surface area contributed by atoms with E-state index in [0.717, 1.165) is 29.8 Å². The maximum absolute atomic E-state index is 11.3. The normalized spacial score (nSPS) is 12.7. The molecule has 1 aromatic heterocycles. The van der Waals surface area contributed by atoms with Crippen LogP contribution in [-0.4, -0.2) is 21.0 Å². The van der Waals surface area contributed by atoms with Crippen molar-refractivity contribution in [2.75, 3.05) is 5.32 Å². The molecule has 0 spiro atoms. The number of nitrogens with zero attached hydrogens (tertiary/aromatic N) is 1. The van der Waals surface area contributed by atoms with Gasteiger partial charge in [-0.2, -0.15) is 4.37 Å². The van der Waals surface area contributed by atoms with Crippen molar-refractivity contribution in [1.82, 2.24) is 4.37 Å². The number of aliphatic hydroxyl groups is 1. The third-order valence-electron chi connectivity index (χ3n) is 4.22. The second kappa shape index (κ2) is 7.73. The lowest BCUT2D eigenvalue weighted by atomic mass is 9.89. The van der Waals surface area contributed by atoms with E-state index >= 15 is 0 Å². The summed E-state index contributed by atoms with van der Waals surface area (Å²) in [6.45, 7) is 9.20. The topological polar surface area (TPSA) is 62.2 Å². The molecule has 2 rings (SSSR count). The number of anilines is 1. The van der Waals surface area contributed by atoms with Crippen LogP contribution in [0.4, 0.5) is 5.69 Å². The van der Waals surface area contributed by atoms with Crippen molar-refractivity contribution in [3.63, 3.8) is 0 Å². The standard InChI is InChI=1S/C19H24N2O2S/c1-5-18(22)20-15-9-7-14(8-10-15)17-12-16(24-21-17)11-6-13(2)19(3,4)23/h5,7-10,12-13,23H,1,6,11H2,2-4H3,(H,20,22)/t13-/m0/s1. The fourth-order valence-electron chi connectivity index (χ4n) is 2.20. The van der Waals surface area contributed by atoms with Gasteiger partial charge in [0.25, 0.3) is 0 Å². The van der Waals surface area contributed by atoms with Gasteiger partial charge in [-0.25, -0.2) is 0 Å². The van der Waals surface area contributed by atoms with Crippen LogP contribution in [0.15, 0.2) is 43.0 Å². The molecule has 0 aliphatic rings. The molecule has 0 fully saturated rings. The van der Waals surface area contributed by atoms with Crippen molar-refractivity contribution in [3.05, 3.63) is 47.9 Å². The average molecular weight is 344 g/mol. The van der Waals surface area contributed by atoms with Crippen molar-refractivity contribution in [3.8, 4) is 11.3 Å². The Hall–Kier alpha value is -1.98. The van der Waals surface area contributed by atoms with E-state index in [1.807, 2.05) is 38.1 Å². The van der Waals surface area contributed by atoms with Crippen molar-refractivity contribution < 1.29 is 9.90 Å². The zero-order valence-electron chi connectivity index (χ0n) is 14.4. The van der Waals surface area contributed by atoms with Gasteiger partial charge in [0.2, 0.25) is 5.91 Å². The monoisotopic (exact) mass is 344 g/mol. The van der Waals surface area contributed by atoms with Crippen LogP contribution >= 0.6 is 11.5 Å². The first-order valence-corrected chi connectivity index (χ1v) is 8.78. The van der Waals surface area contributed by atoms with Crippen LogP contribution in [0.1, 0.15) is 32.1 Å². The second-order valence-corrected chi connectivity index (χ2v) is 7.43. The first kappa shape index (κ1) is 18.4. The Morgan fingerprint density at radius 1 is 1.42 bits per heavy atom. The summed E-state index contributed by atoms with van der Waals surface area (Å²) in [7, 11) is 0. The number of rotatable bonds is 7. The molecule has 2 aromatic rings. The molecule has 0 saturated heterocycles. The number of carbonyl (C=O) groups is 1. The number of nitrogens with one attached hydrogen (secondary N) is 1. The Kier molecular flexibility index (Phi) is 5.91. The van der Waals surface area contributed by atoms with E-state index in [-0.39, 0.29) is 11.8 Å². The van der Waals surface area contributed by atoms with E-state index in [0.29, 0.717) is 0 Å². The number of hydrogen-bond acceptors (Lipinski definition) is 4. The number of aryl methyl sites for hydroxylation is 1. The summed E-state index contributed by atoms with van der Waals surface area (Å²) in [6, 6.07) is 9.69. The number of aromatic nitrogens is 1. The Bertz CT molecular complexity index is 699. The Balaban J connectivity index is 2.00. The predicted octanol–water partition coefficient (Wildman–Crippen LogP) is 4.27. The van der Waals surface area contributed by atoms with Gasteiger partial charge in [0, 0.05) is 16.1 Å². The van der Waals surface area contributed by atoms with Gasteiger partial charge in [0.15, 0.2) is 0 Å². The number of carbonyl (C=O) groups excluding carboxylic acids is 1. The van der Waals surface area contributed by atoms with Crippen molar-refractivity contribution in [2.45, 2.75) is 39.2 Å². The highest BCUT2D eigenvalue weighted by atomic mass is 32.1. The summed E-state index contributed by atoms with van der Waals surface area (Å²) in [5.74, 6) is 0.00965. The van der Waals surface area contributed by atoms with Crippen LogP contribution in [0.3, 0.4) is 0 Å². The van der Waals surface area contributed by atoms with Gasteiger partial charge in [-0.3, -0.25) is 4.79 Å². The van der Waals surface area contributed by atoms with E-state index in [4.69, 9.17) is 0 Å². The van der Waals surface area contributed by atoms with Crippen LogP contribution in [0.5, 0.6) is 0 Å². The van der Waals surface area contributed by atoms with Gasteiger partial charge in [0.1, 0.15) is 0 Å². The smallest absolute Gasteiger partial charge is 0.247 e. The molecule has 0 saturated carbocycles. The van der Waals surface area contributed by atoms with Crippen molar-refractivity contribution in [1.29, 1.82) is 0 Å². The summed E-state index contributed by atoms with van der Waals surface area (Å²) in [5, 5.41) is 12.7. The highest BCUT2D eigenvalue weighted by molar-refractivity contribution is 7.06. The maximum atomic E-state index is 11.3. The summed E-state index contributed by atoms with van der Waals surface area (Å²) in [5.41, 5.74) is 2.04. The lowest BCUT2D eigenvalue weighted by Crippen LogP contribution is -2.28. The van der Waals surface area contributed by atoms with Gasteiger partial charge in [0.05, 0.1) is 11.3 Å². The fourth-order valence-corrected chi connectivity index (χ4v) is 2.94. The molecule has 0 aliphatic heterocycles. The van der Waals surface area contributed by atoms with Crippen molar-refractivity contribution >= 4 is 23.1 Å². The molecule has 4 nitrogen and oxygen atoms in total. The molecule has 1 aromatic carbocycles. The summed E-state index contributed by atoms with van der Waals surface area (Å²) < 4.78 is 4.51. The molecular weight excluding hydrogens is 320 g/mol. The van der Waals surface area contributed by atoms with Crippen LogP contribution in [0, 0.1) is 5.92 Å². The molecule has 5 heteroatoms. The van der Waals surface area contributed by atoms with Crippen LogP contribution < -0.4 is 5.32 Å². The number of hydrogen-bond donors (Lipinski definition) is 2. The van der Waals surface area contributed by atoms with Gasteiger partial charge >= 0.3 is 0 Å². The van der Waals surface area contributed by atoms with E-state index in [1.165, 1.54) is 22.5 Å². The highest BCUT2D eigenvalue weighted by Gasteiger charge is 2.22. The second-order valence-electron chi connectivity index (χ2n) is 6.54. The Morgan fingerprint density at radius 3 is 2.67 bits per heavy atom. The zero-order valence-corrected chi connectivity index (χ0v) is 15.2. The number of benzene rings is 1.